The highest BCUT2D eigenvalue weighted by Gasteiger charge is 2.22. The third-order valence-corrected chi connectivity index (χ3v) is 4.65. The van der Waals surface area contributed by atoms with Crippen LogP contribution in [0.5, 0.6) is 5.75 Å². The molecule has 1 fully saturated rings. The van der Waals surface area contributed by atoms with Gasteiger partial charge in [-0.1, -0.05) is 12.1 Å². The number of piperazine rings is 1. The Hall–Kier alpha value is -2.47. The van der Waals surface area contributed by atoms with E-state index >= 15 is 0 Å². The zero-order valence-electron chi connectivity index (χ0n) is 15.5. The number of nitrogens with zero attached hydrogens (tertiary/aromatic N) is 2. The van der Waals surface area contributed by atoms with Crippen molar-refractivity contribution in [3.8, 4) is 5.75 Å². The Morgan fingerprint density at radius 3 is 2.54 bits per heavy atom. The first-order valence-electron chi connectivity index (χ1n) is 9.18. The lowest BCUT2D eigenvalue weighted by Gasteiger charge is -2.34. The molecule has 6 nitrogen and oxygen atoms in total. The number of nitrogens with one attached hydrogen (secondary N) is 1. The van der Waals surface area contributed by atoms with E-state index in [0.717, 1.165) is 49.8 Å². The molecule has 26 heavy (non-hydrogen) atoms. The summed E-state index contributed by atoms with van der Waals surface area (Å²) < 4.78 is 10.8. The van der Waals surface area contributed by atoms with Gasteiger partial charge in [-0.3, -0.25) is 4.90 Å². The van der Waals surface area contributed by atoms with Crippen molar-refractivity contribution < 1.29 is 13.9 Å². The molecule has 1 aromatic heterocycles. The van der Waals surface area contributed by atoms with Crippen molar-refractivity contribution in [2.75, 3.05) is 32.8 Å². The topological polar surface area (TPSA) is 58.0 Å². The Morgan fingerprint density at radius 2 is 1.92 bits per heavy atom. The molecule has 0 aliphatic carbocycles. The molecule has 1 aliphatic rings. The highest BCUT2D eigenvalue weighted by molar-refractivity contribution is 5.74. The van der Waals surface area contributed by atoms with Crippen molar-refractivity contribution in [3.63, 3.8) is 0 Å². The third kappa shape index (κ3) is 4.79. The van der Waals surface area contributed by atoms with Gasteiger partial charge in [0, 0.05) is 26.2 Å². The predicted molar refractivity (Wildman–Crippen MR) is 100 cm³/mol. The van der Waals surface area contributed by atoms with E-state index in [4.69, 9.17) is 9.15 Å². The number of carbonyl (C=O) groups excluding carboxylic acids is 1. The van der Waals surface area contributed by atoms with Gasteiger partial charge >= 0.3 is 6.03 Å². The zero-order chi connectivity index (χ0) is 18.4. The molecule has 1 N–H and O–H groups in total. The average molecular weight is 357 g/mol. The van der Waals surface area contributed by atoms with Crippen molar-refractivity contribution in [2.45, 2.75) is 26.4 Å². The summed E-state index contributed by atoms with van der Waals surface area (Å²) in [5.41, 5.74) is 1.07. The first-order chi connectivity index (χ1) is 12.7. The van der Waals surface area contributed by atoms with Crippen LogP contribution in [0, 0.1) is 0 Å². The molecule has 2 amide bonds. The Balaban J connectivity index is 1.46. The number of rotatable bonds is 6. The minimum Gasteiger partial charge on any atom is -0.494 e. The van der Waals surface area contributed by atoms with E-state index in [1.165, 1.54) is 0 Å². The average Bonchev–Trinajstić information content (AvgIpc) is 3.16. The smallest absolute Gasteiger partial charge is 0.317 e. The van der Waals surface area contributed by atoms with Gasteiger partial charge in [0.25, 0.3) is 0 Å². The summed E-state index contributed by atoms with van der Waals surface area (Å²) in [5.74, 6) is 1.81. The number of ether oxygens (including phenoxy) is 1. The maximum absolute atomic E-state index is 12.5. The predicted octanol–water partition coefficient (Wildman–Crippen LogP) is 3.27. The summed E-state index contributed by atoms with van der Waals surface area (Å²) in [5, 5.41) is 3.09. The van der Waals surface area contributed by atoms with Gasteiger partial charge in [0.15, 0.2) is 0 Å². The molecule has 6 heteroatoms. The summed E-state index contributed by atoms with van der Waals surface area (Å²) in [7, 11) is 0. The molecule has 1 atom stereocenters. The molecule has 140 valence electrons. The second kappa shape index (κ2) is 8.76. The fourth-order valence-electron chi connectivity index (χ4n) is 3.11. The van der Waals surface area contributed by atoms with Gasteiger partial charge in [0.05, 0.1) is 25.5 Å². The van der Waals surface area contributed by atoms with Crippen LogP contribution in [0.2, 0.25) is 0 Å². The van der Waals surface area contributed by atoms with Crippen LogP contribution in [0.3, 0.4) is 0 Å². The van der Waals surface area contributed by atoms with Gasteiger partial charge in [-0.15, -0.1) is 0 Å². The number of furan rings is 1. The zero-order valence-corrected chi connectivity index (χ0v) is 15.5. The fourth-order valence-corrected chi connectivity index (χ4v) is 3.11. The molecule has 1 aliphatic heterocycles. The second-order valence-electron chi connectivity index (χ2n) is 6.52. The lowest BCUT2D eigenvalue weighted by molar-refractivity contribution is 0.128. The lowest BCUT2D eigenvalue weighted by Crippen LogP contribution is -2.51. The van der Waals surface area contributed by atoms with Crippen LogP contribution in [-0.4, -0.2) is 48.6 Å². The molecule has 0 radical (unpaired) electrons. The van der Waals surface area contributed by atoms with Crippen LogP contribution in [0.15, 0.2) is 47.1 Å². The molecule has 0 saturated carbocycles. The minimum atomic E-state index is -0.0423. The molecular formula is C20H27N3O3. The Labute approximate surface area is 154 Å². The number of hydrogen-bond acceptors (Lipinski definition) is 4. The van der Waals surface area contributed by atoms with E-state index in [1.54, 1.807) is 6.26 Å². The molecule has 0 spiro atoms. The van der Waals surface area contributed by atoms with Crippen LogP contribution < -0.4 is 10.1 Å². The maximum Gasteiger partial charge on any atom is 0.317 e. The number of urea groups is 1. The summed E-state index contributed by atoms with van der Waals surface area (Å²) in [4.78, 5) is 16.7. The first kappa shape index (κ1) is 18.3. The van der Waals surface area contributed by atoms with Crippen LogP contribution in [0.1, 0.15) is 31.2 Å². The molecule has 0 bridgehead atoms. The molecule has 1 aromatic carbocycles. The van der Waals surface area contributed by atoms with Crippen molar-refractivity contribution in [2.24, 2.45) is 0 Å². The monoisotopic (exact) mass is 357 g/mol. The van der Waals surface area contributed by atoms with Crippen molar-refractivity contribution in [3.05, 3.63) is 54.0 Å². The van der Waals surface area contributed by atoms with E-state index in [1.807, 2.05) is 55.1 Å². The largest absolute Gasteiger partial charge is 0.494 e. The maximum atomic E-state index is 12.5. The molecule has 3 rings (SSSR count). The fraction of sp³-hybridized carbons (Fsp3) is 0.450. The summed E-state index contributed by atoms with van der Waals surface area (Å²) in [6.07, 6.45) is 1.70. The number of hydrogen-bond donors (Lipinski definition) is 1. The summed E-state index contributed by atoms with van der Waals surface area (Å²) in [6, 6.07) is 11.7. The van der Waals surface area contributed by atoms with Gasteiger partial charge in [0.1, 0.15) is 11.5 Å². The summed E-state index contributed by atoms with van der Waals surface area (Å²) in [6.45, 7) is 8.57. The van der Waals surface area contributed by atoms with Gasteiger partial charge in [0.2, 0.25) is 0 Å². The second-order valence-corrected chi connectivity index (χ2v) is 6.52. The Morgan fingerprint density at radius 1 is 1.19 bits per heavy atom. The van der Waals surface area contributed by atoms with Gasteiger partial charge in [-0.25, -0.2) is 4.79 Å². The normalized spacial score (nSPS) is 16.3. The van der Waals surface area contributed by atoms with Crippen LogP contribution in [0.4, 0.5) is 4.79 Å². The van der Waals surface area contributed by atoms with Crippen molar-refractivity contribution in [1.82, 2.24) is 15.1 Å². The molecule has 1 saturated heterocycles. The van der Waals surface area contributed by atoms with Crippen LogP contribution >= 0.6 is 0 Å². The first-order valence-corrected chi connectivity index (χ1v) is 9.18. The molecular weight excluding hydrogens is 330 g/mol. The van der Waals surface area contributed by atoms with E-state index in [0.29, 0.717) is 6.61 Å². The highest BCUT2D eigenvalue weighted by atomic mass is 16.5. The molecule has 2 heterocycles. The Bertz CT molecular complexity index is 677. The van der Waals surface area contributed by atoms with Gasteiger partial charge < -0.3 is 19.4 Å². The van der Waals surface area contributed by atoms with Crippen LogP contribution in [-0.2, 0) is 6.54 Å². The number of carbonyl (C=O) groups is 1. The number of amides is 2. The SMILES string of the molecule is CCOc1ccc([C@@H](C)NC(=O)N2CCN(Cc3ccco3)CC2)cc1. The van der Waals surface area contributed by atoms with E-state index in [9.17, 15) is 4.79 Å². The van der Waals surface area contributed by atoms with Crippen molar-refractivity contribution in [1.29, 1.82) is 0 Å². The lowest BCUT2D eigenvalue weighted by atomic mass is 10.1. The van der Waals surface area contributed by atoms with Crippen molar-refractivity contribution >= 4 is 6.03 Å². The standard InChI is InChI=1S/C20H27N3O3/c1-3-25-18-8-6-17(7-9-18)16(2)21-20(24)23-12-10-22(11-13-23)15-19-5-4-14-26-19/h4-9,14,16H,3,10-13,15H2,1-2H3,(H,21,24)/t16-/m1/s1. The quantitative estimate of drug-likeness (QED) is 0.862. The third-order valence-electron chi connectivity index (χ3n) is 4.65. The summed E-state index contributed by atoms with van der Waals surface area (Å²) >= 11 is 0. The highest BCUT2D eigenvalue weighted by Crippen LogP contribution is 2.18. The van der Waals surface area contributed by atoms with E-state index in [-0.39, 0.29) is 12.1 Å². The minimum absolute atomic E-state index is 0.0102. The van der Waals surface area contributed by atoms with Crippen LogP contribution in [0.25, 0.3) is 0 Å². The Kier molecular flexibility index (Phi) is 6.17. The van der Waals surface area contributed by atoms with E-state index < -0.39 is 0 Å². The molecule has 0 unspecified atom stereocenters. The van der Waals surface area contributed by atoms with Gasteiger partial charge in [-0.2, -0.15) is 0 Å². The van der Waals surface area contributed by atoms with Gasteiger partial charge in [-0.05, 0) is 43.7 Å². The molecule has 2 aromatic rings. The van der Waals surface area contributed by atoms with E-state index in [2.05, 4.69) is 10.2 Å². The number of benzene rings is 1.